The van der Waals surface area contributed by atoms with Crippen molar-refractivity contribution >= 4 is 58.0 Å². The fraction of sp³-hybridized carbons (Fsp3) is 0.133. The zero-order valence-electron chi connectivity index (χ0n) is 12.8. The number of hydrogen-bond donors (Lipinski definition) is 2. The van der Waals surface area contributed by atoms with Crippen molar-refractivity contribution in [2.75, 3.05) is 10.6 Å². The van der Waals surface area contributed by atoms with Gasteiger partial charge in [-0.1, -0.05) is 34.8 Å². The summed E-state index contributed by atoms with van der Waals surface area (Å²) in [5.74, 6) is -1.37. The van der Waals surface area contributed by atoms with E-state index in [2.05, 4.69) is 15.6 Å². The third-order valence-corrected chi connectivity index (χ3v) is 3.79. The lowest BCUT2D eigenvalue weighted by Gasteiger charge is -2.14. The van der Waals surface area contributed by atoms with Gasteiger partial charge in [0.25, 0.3) is 5.91 Å². The van der Waals surface area contributed by atoms with Gasteiger partial charge in [0.1, 0.15) is 5.69 Å². The molecule has 1 heterocycles. The molecule has 0 aliphatic rings. The molecule has 2 N–H and O–H groups in total. The lowest BCUT2D eigenvalue weighted by atomic mass is 10.2. The maximum absolute atomic E-state index is 12.6. The van der Waals surface area contributed by atoms with Gasteiger partial charge in [-0.25, -0.2) is 4.98 Å². The van der Waals surface area contributed by atoms with E-state index in [1.54, 1.807) is 0 Å². The Bertz CT molecular complexity index is 888. The molecule has 0 unspecified atom stereocenters. The molecule has 26 heavy (non-hydrogen) atoms. The predicted octanol–water partition coefficient (Wildman–Crippen LogP) is 5.27. The summed E-state index contributed by atoms with van der Waals surface area (Å²) in [6.07, 6.45) is -4.16. The molecule has 0 aliphatic carbocycles. The van der Waals surface area contributed by atoms with Crippen LogP contribution in [-0.4, -0.2) is 16.8 Å². The van der Waals surface area contributed by atoms with Gasteiger partial charge in [-0.15, -0.1) is 0 Å². The van der Waals surface area contributed by atoms with Crippen molar-refractivity contribution in [3.8, 4) is 0 Å². The van der Waals surface area contributed by atoms with Crippen LogP contribution in [0.5, 0.6) is 0 Å². The first-order valence-corrected chi connectivity index (χ1v) is 7.93. The largest absolute Gasteiger partial charge is 0.417 e. The van der Waals surface area contributed by atoms with Gasteiger partial charge in [-0.2, -0.15) is 13.2 Å². The lowest BCUT2D eigenvalue weighted by molar-refractivity contribution is -0.137. The monoisotopic (exact) mass is 425 g/mol. The predicted molar refractivity (Wildman–Crippen MR) is 93.0 cm³/mol. The van der Waals surface area contributed by atoms with Gasteiger partial charge < -0.3 is 10.6 Å². The highest BCUT2D eigenvalue weighted by molar-refractivity contribution is 6.38. The van der Waals surface area contributed by atoms with Crippen molar-refractivity contribution in [3.05, 3.63) is 50.7 Å². The molecule has 2 amide bonds. The molecule has 2 rings (SSSR count). The molecular formula is C15H9Cl3F3N3O2. The van der Waals surface area contributed by atoms with Crippen LogP contribution in [0.2, 0.25) is 15.1 Å². The minimum Gasteiger partial charge on any atom is -0.324 e. The zero-order chi connectivity index (χ0) is 19.6. The molecule has 0 radical (unpaired) electrons. The third-order valence-electron chi connectivity index (χ3n) is 2.99. The second-order valence-electron chi connectivity index (χ2n) is 5.00. The van der Waals surface area contributed by atoms with Gasteiger partial charge in [0.05, 0.1) is 27.0 Å². The number of nitrogens with one attached hydrogen (secondary N) is 2. The van der Waals surface area contributed by atoms with Crippen molar-refractivity contribution in [2.45, 2.75) is 13.1 Å². The van der Waals surface area contributed by atoms with Crippen LogP contribution in [0.15, 0.2) is 24.4 Å². The number of benzene rings is 1. The smallest absolute Gasteiger partial charge is 0.324 e. The molecule has 138 valence electrons. The first kappa shape index (κ1) is 20.3. The van der Waals surface area contributed by atoms with E-state index in [0.717, 1.165) is 0 Å². The molecule has 0 spiro atoms. The standard InChI is InChI=1S/C15H9Cl3F3N3O2/c1-6(25)23-11-4-8(16)3-10(18)12(11)24-14(26)13-9(17)2-7(5-22-13)15(19,20)21/h2-5H,1H3,(H,23,25)(H,24,26). The number of alkyl halides is 3. The number of halogens is 6. The molecule has 5 nitrogen and oxygen atoms in total. The topological polar surface area (TPSA) is 71.1 Å². The maximum atomic E-state index is 12.6. The number of carbonyl (C=O) groups is 2. The van der Waals surface area contributed by atoms with Crippen molar-refractivity contribution in [2.24, 2.45) is 0 Å². The molecule has 1 aromatic heterocycles. The molecule has 0 fully saturated rings. The fourth-order valence-corrected chi connectivity index (χ4v) is 2.71. The van der Waals surface area contributed by atoms with Gasteiger partial charge in [0.2, 0.25) is 5.91 Å². The summed E-state index contributed by atoms with van der Waals surface area (Å²) in [6, 6.07) is 3.24. The van der Waals surface area contributed by atoms with Gasteiger partial charge in [-0.3, -0.25) is 9.59 Å². The van der Waals surface area contributed by atoms with Crippen molar-refractivity contribution in [1.29, 1.82) is 0 Å². The van der Waals surface area contributed by atoms with Crippen LogP contribution in [-0.2, 0) is 11.0 Å². The SMILES string of the molecule is CC(=O)Nc1cc(Cl)cc(Cl)c1NC(=O)c1ncc(C(F)(F)F)cc1Cl. The van der Waals surface area contributed by atoms with Crippen LogP contribution in [0.25, 0.3) is 0 Å². The maximum Gasteiger partial charge on any atom is 0.417 e. The first-order chi connectivity index (χ1) is 12.0. The van der Waals surface area contributed by atoms with Crippen LogP contribution in [0.4, 0.5) is 24.5 Å². The number of carbonyl (C=O) groups excluding carboxylic acids is 2. The Morgan fingerprint density at radius 2 is 1.69 bits per heavy atom. The second kappa shape index (κ2) is 7.69. The highest BCUT2D eigenvalue weighted by Gasteiger charge is 2.32. The number of anilines is 2. The summed E-state index contributed by atoms with van der Waals surface area (Å²) in [5, 5.41) is 4.48. The molecule has 0 bridgehead atoms. The first-order valence-electron chi connectivity index (χ1n) is 6.79. The highest BCUT2D eigenvalue weighted by Crippen LogP contribution is 2.35. The summed E-state index contributed by atoms with van der Waals surface area (Å²) in [4.78, 5) is 27.1. The number of nitrogens with zero attached hydrogens (tertiary/aromatic N) is 1. The van der Waals surface area contributed by atoms with Gasteiger partial charge in [0, 0.05) is 18.1 Å². The third kappa shape index (κ3) is 4.78. The minimum atomic E-state index is -4.65. The average Bonchev–Trinajstić information content (AvgIpc) is 2.48. The Hall–Kier alpha value is -2.03. The van der Waals surface area contributed by atoms with Crippen LogP contribution in [0.3, 0.4) is 0 Å². The minimum absolute atomic E-state index is 0.00219. The molecule has 2 aromatic rings. The lowest BCUT2D eigenvalue weighted by Crippen LogP contribution is -2.18. The fourth-order valence-electron chi connectivity index (χ4n) is 1.92. The molecule has 0 saturated carbocycles. The van der Waals surface area contributed by atoms with Crippen LogP contribution in [0.1, 0.15) is 23.0 Å². The van der Waals surface area contributed by atoms with E-state index in [9.17, 15) is 22.8 Å². The Morgan fingerprint density at radius 3 is 2.23 bits per heavy atom. The Morgan fingerprint density at radius 1 is 1.04 bits per heavy atom. The summed E-state index contributed by atoms with van der Waals surface area (Å²) < 4.78 is 37.9. The number of pyridine rings is 1. The van der Waals surface area contributed by atoms with Crippen LogP contribution >= 0.6 is 34.8 Å². The summed E-state index contributed by atoms with van der Waals surface area (Å²) >= 11 is 17.6. The summed E-state index contributed by atoms with van der Waals surface area (Å²) in [6.45, 7) is 1.23. The number of rotatable bonds is 3. The van der Waals surface area contributed by atoms with Crippen molar-refractivity contribution < 1.29 is 22.8 Å². The Labute approximate surface area is 160 Å². The van der Waals surface area contributed by atoms with Crippen LogP contribution < -0.4 is 10.6 Å². The quantitative estimate of drug-likeness (QED) is 0.702. The number of amides is 2. The van der Waals surface area contributed by atoms with Gasteiger partial charge >= 0.3 is 6.18 Å². The van der Waals surface area contributed by atoms with E-state index in [1.807, 2.05) is 0 Å². The van der Waals surface area contributed by atoms with Gasteiger partial charge in [-0.05, 0) is 18.2 Å². The van der Waals surface area contributed by atoms with Gasteiger partial charge in [0.15, 0.2) is 0 Å². The van der Waals surface area contributed by atoms with E-state index in [1.165, 1.54) is 19.1 Å². The number of aromatic nitrogens is 1. The molecule has 1 aromatic carbocycles. The van der Waals surface area contributed by atoms with Crippen LogP contribution in [0, 0.1) is 0 Å². The van der Waals surface area contributed by atoms with E-state index in [-0.39, 0.29) is 21.4 Å². The van der Waals surface area contributed by atoms with E-state index < -0.39 is 34.3 Å². The molecule has 0 aliphatic heterocycles. The van der Waals surface area contributed by atoms with E-state index >= 15 is 0 Å². The number of hydrogen-bond acceptors (Lipinski definition) is 3. The van der Waals surface area contributed by atoms with Crippen molar-refractivity contribution in [3.63, 3.8) is 0 Å². The highest BCUT2D eigenvalue weighted by atomic mass is 35.5. The molecule has 0 saturated heterocycles. The normalized spacial score (nSPS) is 11.2. The Kier molecular flexibility index (Phi) is 6.00. The molecule has 0 atom stereocenters. The summed E-state index contributed by atoms with van der Waals surface area (Å²) in [7, 11) is 0. The average molecular weight is 427 g/mol. The van der Waals surface area contributed by atoms with Crippen molar-refractivity contribution in [1.82, 2.24) is 4.98 Å². The second-order valence-corrected chi connectivity index (χ2v) is 6.25. The van der Waals surface area contributed by atoms with E-state index in [0.29, 0.717) is 12.3 Å². The zero-order valence-corrected chi connectivity index (χ0v) is 15.1. The Balaban J connectivity index is 2.37. The van der Waals surface area contributed by atoms with E-state index in [4.69, 9.17) is 34.8 Å². The molecular weight excluding hydrogens is 418 g/mol. The summed E-state index contributed by atoms with van der Waals surface area (Å²) in [5.41, 5.74) is -1.44. The molecule has 11 heteroatoms.